The minimum Gasteiger partial charge on any atom is -0.381 e. The molecule has 6 nitrogen and oxygen atoms in total. The van der Waals surface area contributed by atoms with Gasteiger partial charge in [-0.05, 0) is 60.7 Å². The molecule has 28 heavy (non-hydrogen) atoms. The minimum atomic E-state index is 0.364. The molecule has 1 unspecified atom stereocenters. The van der Waals surface area contributed by atoms with Crippen LogP contribution in [0.4, 0.5) is 0 Å². The maximum absolute atomic E-state index is 5.83. The van der Waals surface area contributed by atoms with Crippen LogP contribution in [0.25, 0.3) is 0 Å². The largest absolute Gasteiger partial charge is 0.381 e. The van der Waals surface area contributed by atoms with Gasteiger partial charge in [-0.3, -0.25) is 9.89 Å². The van der Waals surface area contributed by atoms with Crippen molar-refractivity contribution < 1.29 is 9.47 Å². The quantitative estimate of drug-likeness (QED) is 0.315. The average molecular weight is 411 g/mol. The zero-order valence-electron chi connectivity index (χ0n) is 17.8. The third-order valence-corrected chi connectivity index (χ3v) is 6.02. The lowest BCUT2D eigenvalue weighted by atomic mass is 10.0. The van der Waals surface area contributed by atoms with E-state index in [0.717, 1.165) is 77.8 Å². The molecule has 2 N–H and O–H groups in total. The van der Waals surface area contributed by atoms with E-state index in [2.05, 4.69) is 51.2 Å². The number of aliphatic imine (C=N–C) groups is 1. The molecule has 0 radical (unpaired) electrons. The smallest absolute Gasteiger partial charge is 0.191 e. The maximum atomic E-state index is 5.83. The fourth-order valence-corrected chi connectivity index (χ4v) is 4.25. The van der Waals surface area contributed by atoms with Gasteiger partial charge < -0.3 is 20.1 Å². The molecule has 0 spiro atoms. The van der Waals surface area contributed by atoms with Crippen molar-refractivity contribution in [3.8, 4) is 0 Å². The van der Waals surface area contributed by atoms with E-state index in [1.165, 1.54) is 5.56 Å². The molecule has 0 aromatic carbocycles. The second kappa shape index (κ2) is 13.9. The van der Waals surface area contributed by atoms with Crippen LogP contribution in [0.3, 0.4) is 0 Å². The molecular formula is C21H38N4O2S. The van der Waals surface area contributed by atoms with E-state index in [9.17, 15) is 0 Å². The van der Waals surface area contributed by atoms with Crippen LogP contribution in [0.15, 0.2) is 21.8 Å². The van der Waals surface area contributed by atoms with E-state index in [-0.39, 0.29) is 0 Å². The molecule has 0 amide bonds. The van der Waals surface area contributed by atoms with E-state index in [4.69, 9.17) is 9.47 Å². The highest BCUT2D eigenvalue weighted by Crippen LogP contribution is 2.22. The molecule has 1 saturated heterocycles. The highest BCUT2D eigenvalue weighted by Gasteiger charge is 2.18. The van der Waals surface area contributed by atoms with Gasteiger partial charge in [0.2, 0.25) is 0 Å². The van der Waals surface area contributed by atoms with Crippen molar-refractivity contribution in [3.05, 3.63) is 22.4 Å². The summed E-state index contributed by atoms with van der Waals surface area (Å²) in [6, 6.07) is 2.59. The third kappa shape index (κ3) is 8.07. The van der Waals surface area contributed by atoms with E-state index < -0.39 is 0 Å². The highest BCUT2D eigenvalue weighted by atomic mass is 32.1. The summed E-state index contributed by atoms with van der Waals surface area (Å²) in [5.74, 6) is 1.53. The summed E-state index contributed by atoms with van der Waals surface area (Å²) in [4.78, 5) is 6.85. The molecule has 1 aromatic heterocycles. The molecule has 1 fully saturated rings. The first-order valence-corrected chi connectivity index (χ1v) is 11.6. The van der Waals surface area contributed by atoms with Gasteiger partial charge in [-0.15, -0.1) is 0 Å². The van der Waals surface area contributed by atoms with Crippen molar-refractivity contribution in [1.82, 2.24) is 15.5 Å². The molecule has 7 heteroatoms. The van der Waals surface area contributed by atoms with Gasteiger partial charge in [-0.1, -0.05) is 13.8 Å². The van der Waals surface area contributed by atoms with Crippen LogP contribution in [0.5, 0.6) is 0 Å². The Kier molecular flexibility index (Phi) is 11.5. The van der Waals surface area contributed by atoms with E-state index in [1.807, 2.05) is 7.05 Å². The third-order valence-electron chi connectivity index (χ3n) is 5.32. The average Bonchev–Trinajstić information content (AvgIpc) is 3.27. The Balaban J connectivity index is 1.65. The van der Waals surface area contributed by atoms with Gasteiger partial charge in [0.15, 0.2) is 5.96 Å². The first kappa shape index (κ1) is 23.1. The fraction of sp³-hybridized carbons (Fsp3) is 0.762. The van der Waals surface area contributed by atoms with Crippen molar-refractivity contribution in [2.75, 3.05) is 59.7 Å². The molecule has 0 aliphatic carbocycles. The summed E-state index contributed by atoms with van der Waals surface area (Å²) in [5.41, 5.74) is 1.37. The summed E-state index contributed by atoms with van der Waals surface area (Å²) >= 11 is 1.76. The van der Waals surface area contributed by atoms with Crippen molar-refractivity contribution in [1.29, 1.82) is 0 Å². The van der Waals surface area contributed by atoms with Crippen molar-refractivity contribution in [3.63, 3.8) is 0 Å². The zero-order chi connectivity index (χ0) is 20.0. The van der Waals surface area contributed by atoms with Crippen LogP contribution in [-0.4, -0.2) is 70.5 Å². The zero-order valence-corrected chi connectivity index (χ0v) is 18.6. The molecule has 0 bridgehead atoms. The molecule has 1 atom stereocenters. The van der Waals surface area contributed by atoms with Gasteiger partial charge in [0, 0.05) is 46.6 Å². The monoisotopic (exact) mass is 410 g/mol. The Hall–Kier alpha value is -1.15. The van der Waals surface area contributed by atoms with Crippen molar-refractivity contribution >= 4 is 17.3 Å². The number of likely N-dealkylation sites (N-methyl/N-ethyl adjacent to an activating group) is 1. The van der Waals surface area contributed by atoms with Crippen LogP contribution in [0, 0.1) is 5.92 Å². The number of rotatable bonds is 12. The summed E-state index contributed by atoms with van der Waals surface area (Å²) < 4.78 is 11.2. The fourth-order valence-electron chi connectivity index (χ4n) is 3.54. The number of hydrogen-bond acceptors (Lipinski definition) is 5. The number of thiophene rings is 1. The molecule has 2 heterocycles. The number of ether oxygens (including phenoxy) is 2. The first-order valence-electron chi connectivity index (χ1n) is 10.6. The van der Waals surface area contributed by atoms with Gasteiger partial charge in [0.25, 0.3) is 0 Å². The minimum absolute atomic E-state index is 0.364. The van der Waals surface area contributed by atoms with Crippen LogP contribution >= 0.6 is 11.3 Å². The highest BCUT2D eigenvalue weighted by molar-refractivity contribution is 7.07. The predicted octanol–water partition coefficient (Wildman–Crippen LogP) is 3.13. The second-order valence-electron chi connectivity index (χ2n) is 7.16. The second-order valence-corrected chi connectivity index (χ2v) is 7.94. The van der Waals surface area contributed by atoms with Crippen LogP contribution < -0.4 is 10.6 Å². The Bertz CT molecular complexity index is 529. The number of nitrogens with zero attached hydrogens (tertiary/aromatic N) is 2. The van der Waals surface area contributed by atoms with E-state index in [1.54, 1.807) is 11.3 Å². The Morgan fingerprint density at radius 3 is 2.75 bits per heavy atom. The first-order chi connectivity index (χ1) is 13.8. The Labute approximate surface area is 174 Å². The summed E-state index contributed by atoms with van der Waals surface area (Å²) in [6.45, 7) is 11.6. The Morgan fingerprint density at radius 1 is 1.32 bits per heavy atom. The summed E-state index contributed by atoms with van der Waals surface area (Å²) in [5, 5.41) is 11.3. The molecule has 1 aromatic rings. The molecule has 160 valence electrons. The van der Waals surface area contributed by atoms with Gasteiger partial charge in [0.05, 0.1) is 6.04 Å². The molecule has 0 saturated carbocycles. The standard InChI is InChI=1S/C21H38N4O2S/c1-4-25(5-2)20(19-9-14-28-17-19)15-24-21(22-3)23-10-6-11-27-16-18-7-12-26-13-8-18/h9,14,17-18,20H,4-8,10-13,15-16H2,1-3H3,(H2,22,23,24). The van der Waals surface area contributed by atoms with Gasteiger partial charge >= 0.3 is 0 Å². The number of nitrogens with one attached hydrogen (secondary N) is 2. The van der Waals surface area contributed by atoms with Crippen molar-refractivity contribution in [2.45, 2.75) is 39.2 Å². The van der Waals surface area contributed by atoms with E-state index >= 15 is 0 Å². The molecule has 1 aliphatic heterocycles. The van der Waals surface area contributed by atoms with Crippen LogP contribution in [-0.2, 0) is 9.47 Å². The summed E-state index contributed by atoms with van der Waals surface area (Å²) in [7, 11) is 1.83. The normalized spacial score (nSPS) is 17.1. The van der Waals surface area contributed by atoms with Gasteiger partial charge in [-0.2, -0.15) is 11.3 Å². The SMILES string of the molecule is CCN(CC)C(CNC(=NC)NCCCOCC1CCOCC1)c1ccsc1. The molecule has 2 rings (SSSR count). The maximum Gasteiger partial charge on any atom is 0.191 e. The lowest BCUT2D eigenvalue weighted by molar-refractivity contribution is 0.0203. The van der Waals surface area contributed by atoms with Crippen LogP contribution in [0.1, 0.15) is 44.7 Å². The van der Waals surface area contributed by atoms with E-state index in [0.29, 0.717) is 12.0 Å². The van der Waals surface area contributed by atoms with Crippen LogP contribution in [0.2, 0.25) is 0 Å². The van der Waals surface area contributed by atoms with Gasteiger partial charge in [-0.25, -0.2) is 0 Å². The molecule has 1 aliphatic rings. The van der Waals surface area contributed by atoms with Gasteiger partial charge in [0.1, 0.15) is 0 Å². The summed E-state index contributed by atoms with van der Waals surface area (Å²) in [6.07, 6.45) is 3.24. The predicted molar refractivity (Wildman–Crippen MR) is 118 cm³/mol. The molecular weight excluding hydrogens is 372 g/mol. The lowest BCUT2D eigenvalue weighted by Crippen LogP contribution is -2.43. The lowest BCUT2D eigenvalue weighted by Gasteiger charge is -2.30. The number of hydrogen-bond donors (Lipinski definition) is 2. The Morgan fingerprint density at radius 2 is 2.11 bits per heavy atom. The number of guanidine groups is 1. The topological polar surface area (TPSA) is 58.1 Å². The van der Waals surface area contributed by atoms with Crippen molar-refractivity contribution in [2.24, 2.45) is 10.9 Å².